The van der Waals surface area contributed by atoms with Gasteiger partial charge in [0.25, 0.3) is 0 Å². The van der Waals surface area contributed by atoms with E-state index in [-0.39, 0.29) is 0 Å². The van der Waals surface area contributed by atoms with Crippen molar-refractivity contribution in [3.05, 3.63) is 89.2 Å². The summed E-state index contributed by atoms with van der Waals surface area (Å²) < 4.78 is 2.13. The predicted octanol–water partition coefficient (Wildman–Crippen LogP) is 4.83. The van der Waals surface area contributed by atoms with Crippen LogP contribution in [0.4, 0.5) is 5.69 Å². The zero-order valence-electron chi connectivity index (χ0n) is 16.7. The highest BCUT2D eigenvalue weighted by molar-refractivity contribution is 5.70. The van der Waals surface area contributed by atoms with Gasteiger partial charge in [-0.15, -0.1) is 0 Å². The molecule has 0 fully saturated rings. The number of aromatic nitrogens is 2. The number of hydrogen-bond donors (Lipinski definition) is 1. The number of nitrogens with zero attached hydrogens (tertiary/aromatic N) is 3. The summed E-state index contributed by atoms with van der Waals surface area (Å²) in [6.45, 7) is 5.93. The fourth-order valence-corrected chi connectivity index (χ4v) is 3.76. The van der Waals surface area contributed by atoms with Crippen molar-refractivity contribution in [1.29, 1.82) is 0 Å². The lowest BCUT2D eigenvalue weighted by atomic mass is 10.0. The van der Waals surface area contributed by atoms with Crippen molar-refractivity contribution in [3.8, 4) is 11.3 Å². The largest absolute Gasteiger partial charge is 0.398 e. The van der Waals surface area contributed by atoms with Gasteiger partial charge in [0, 0.05) is 30.5 Å². The summed E-state index contributed by atoms with van der Waals surface area (Å²) in [6, 6.07) is 21.0. The summed E-state index contributed by atoms with van der Waals surface area (Å²) in [4.78, 5) is 7.27. The molecule has 0 radical (unpaired) electrons. The van der Waals surface area contributed by atoms with Crippen LogP contribution in [0.25, 0.3) is 16.9 Å². The second-order valence-electron chi connectivity index (χ2n) is 7.57. The number of nitrogens with two attached hydrogens (primary N) is 1. The molecule has 0 saturated heterocycles. The smallest absolute Gasteiger partial charge is 0.137 e. The normalized spacial score (nSPS) is 11.4. The van der Waals surface area contributed by atoms with E-state index in [1.165, 1.54) is 22.3 Å². The number of nitrogen functional groups attached to an aromatic ring is 1. The highest BCUT2D eigenvalue weighted by atomic mass is 15.1. The van der Waals surface area contributed by atoms with Gasteiger partial charge in [0.15, 0.2) is 0 Å². The molecule has 4 aromatic rings. The molecule has 0 unspecified atom stereocenters. The standard InChI is InChI=1S/C24H26N4/c1-17-9-11-21(18(2)13-17)24-22(28-15-20(25)10-12-23(28)26-24)16-27(3)14-19-7-5-4-6-8-19/h4-13,15H,14,16,25H2,1-3H3. The van der Waals surface area contributed by atoms with E-state index in [4.69, 9.17) is 10.7 Å². The maximum absolute atomic E-state index is 6.08. The quantitative estimate of drug-likeness (QED) is 0.547. The van der Waals surface area contributed by atoms with Crippen molar-refractivity contribution < 1.29 is 0 Å². The summed E-state index contributed by atoms with van der Waals surface area (Å²) in [5.41, 5.74) is 14.9. The second-order valence-corrected chi connectivity index (χ2v) is 7.57. The first kappa shape index (κ1) is 18.3. The molecule has 2 aromatic heterocycles. The number of benzene rings is 2. The van der Waals surface area contributed by atoms with Crippen LogP contribution in [0.1, 0.15) is 22.4 Å². The van der Waals surface area contributed by atoms with E-state index in [1.54, 1.807) is 0 Å². The van der Waals surface area contributed by atoms with Gasteiger partial charge in [-0.3, -0.25) is 4.90 Å². The molecule has 0 aliphatic heterocycles. The average Bonchev–Trinajstić information content (AvgIpc) is 3.00. The Morgan fingerprint density at radius 1 is 0.964 bits per heavy atom. The third-order valence-corrected chi connectivity index (χ3v) is 5.09. The first-order valence-electron chi connectivity index (χ1n) is 9.58. The third kappa shape index (κ3) is 3.64. The van der Waals surface area contributed by atoms with Crippen molar-refractivity contribution in [3.63, 3.8) is 0 Å². The Morgan fingerprint density at radius 3 is 2.50 bits per heavy atom. The Hall–Kier alpha value is -3.11. The van der Waals surface area contributed by atoms with Crippen molar-refractivity contribution in [1.82, 2.24) is 14.3 Å². The van der Waals surface area contributed by atoms with Crippen LogP contribution in [-0.2, 0) is 13.1 Å². The summed E-state index contributed by atoms with van der Waals surface area (Å²) in [7, 11) is 2.14. The molecule has 4 heteroatoms. The summed E-state index contributed by atoms with van der Waals surface area (Å²) in [5, 5.41) is 0. The van der Waals surface area contributed by atoms with E-state index >= 15 is 0 Å². The molecule has 2 aromatic carbocycles. The molecule has 0 aliphatic carbocycles. The van der Waals surface area contributed by atoms with Gasteiger partial charge in [0.2, 0.25) is 0 Å². The second kappa shape index (κ2) is 7.49. The highest BCUT2D eigenvalue weighted by Crippen LogP contribution is 2.29. The van der Waals surface area contributed by atoms with Crippen LogP contribution in [0.5, 0.6) is 0 Å². The topological polar surface area (TPSA) is 46.6 Å². The van der Waals surface area contributed by atoms with Crippen LogP contribution in [0.15, 0.2) is 66.9 Å². The Bertz CT molecular complexity index is 1110. The minimum atomic E-state index is 0.740. The monoisotopic (exact) mass is 370 g/mol. The van der Waals surface area contributed by atoms with Crippen molar-refractivity contribution >= 4 is 11.3 Å². The molecule has 0 bridgehead atoms. The molecule has 0 aliphatic rings. The summed E-state index contributed by atoms with van der Waals surface area (Å²) >= 11 is 0. The van der Waals surface area contributed by atoms with Gasteiger partial charge < -0.3 is 10.1 Å². The third-order valence-electron chi connectivity index (χ3n) is 5.09. The summed E-state index contributed by atoms with van der Waals surface area (Å²) in [5.74, 6) is 0. The molecular formula is C24H26N4. The summed E-state index contributed by atoms with van der Waals surface area (Å²) in [6.07, 6.45) is 1.97. The predicted molar refractivity (Wildman–Crippen MR) is 116 cm³/mol. The molecule has 0 atom stereocenters. The van der Waals surface area contributed by atoms with Crippen LogP contribution in [-0.4, -0.2) is 21.3 Å². The fourth-order valence-electron chi connectivity index (χ4n) is 3.76. The average molecular weight is 371 g/mol. The van der Waals surface area contributed by atoms with E-state index in [2.05, 4.69) is 78.7 Å². The first-order chi connectivity index (χ1) is 13.5. The van der Waals surface area contributed by atoms with Crippen molar-refractivity contribution in [2.24, 2.45) is 0 Å². The molecule has 142 valence electrons. The van der Waals surface area contributed by atoms with Crippen molar-refractivity contribution in [2.75, 3.05) is 12.8 Å². The first-order valence-corrected chi connectivity index (χ1v) is 9.58. The van der Waals surface area contributed by atoms with Crippen LogP contribution in [0, 0.1) is 13.8 Å². The number of hydrogen-bond acceptors (Lipinski definition) is 3. The SMILES string of the molecule is Cc1ccc(-c2nc3ccc(N)cn3c2CN(C)Cc2ccccc2)c(C)c1. The lowest BCUT2D eigenvalue weighted by Gasteiger charge is -2.18. The number of aryl methyl sites for hydroxylation is 2. The van der Waals surface area contributed by atoms with E-state index in [1.807, 2.05) is 18.3 Å². The number of fused-ring (bicyclic) bond motifs is 1. The minimum Gasteiger partial charge on any atom is -0.398 e. The molecule has 28 heavy (non-hydrogen) atoms. The van der Waals surface area contributed by atoms with Crippen LogP contribution in [0.2, 0.25) is 0 Å². The van der Waals surface area contributed by atoms with E-state index in [0.717, 1.165) is 35.8 Å². The maximum atomic E-state index is 6.08. The fraction of sp³-hybridized carbons (Fsp3) is 0.208. The van der Waals surface area contributed by atoms with Gasteiger partial charge in [0.05, 0.1) is 11.4 Å². The van der Waals surface area contributed by atoms with Gasteiger partial charge in [-0.2, -0.15) is 0 Å². The maximum Gasteiger partial charge on any atom is 0.137 e. The number of rotatable bonds is 5. The van der Waals surface area contributed by atoms with Gasteiger partial charge in [-0.05, 0) is 44.2 Å². The molecule has 2 N–H and O–H groups in total. The van der Waals surface area contributed by atoms with Crippen LogP contribution >= 0.6 is 0 Å². The van der Waals surface area contributed by atoms with Gasteiger partial charge >= 0.3 is 0 Å². The zero-order valence-corrected chi connectivity index (χ0v) is 16.7. The van der Waals surface area contributed by atoms with E-state index in [9.17, 15) is 0 Å². The number of anilines is 1. The highest BCUT2D eigenvalue weighted by Gasteiger charge is 2.17. The van der Waals surface area contributed by atoms with Gasteiger partial charge in [-0.25, -0.2) is 4.98 Å². The molecule has 4 nitrogen and oxygen atoms in total. The van der Waals surface area contributed by atoms with Gasteiger partial charge in [0.1, 0.15) is 5.65 Å². The van der Waals surface area contributed by atoms with E-state index < -0.39 is 0 Å². The number of imidazole rings is 1. The van der Waals surface area contributed by atoms with Crippen LogP contribution in [0.3, 0.4) is 0 Å². The van der Waals surface area contributed by atoms with Gasteiger partial charge in [-0.1, -0.05) is 54.1 Å². The lowest BCUT2D eigenvalue weighted by Crippen LogP contribution is -2.19. The molecule has 0 spiro atoms. The molecular weight excluding hydrogens is 344 g/mol. The van der Waals surface area contributed by atoms with E-state index in [0.29, 0.717) is 0 Å². The minimum absolute atomic E-state index is 0.740. The Balaban J connectivity index is 1.77. The molecule has 0 amide bonds. The zero-order chi connectivity index (χ0) is 19.7. The number of pyridine rings is 1. The van der Waals surface area contributed by atoms with Crippen molar-refractivity contribution in [2.45, 2.75) is 26.9 Å². The Labute approximate surface area is 166 Å². The Morgan fingerprint density at radius 2 is 1.75 bits per heavy atom. The van der Waals surface area contributed by atoms with Crippen LogP contribution < -0.4 is 5.73 Å². The lowest BCUT2D eigenvalue weighted by molar-refractivity contribution is 0.314. The molecule has 2 heterocycles. The molecule has 0 saturated carbocycles. The molecule has 4 rings (SSSR count). The Kier molecular flexibility index (Phi) is 4.88.